The molecule has 0 fully saturated rings. The fraction of sp³-hybridized carbons (Fsp3) is 0. The zero-order valence-corrected chi connectivity index (χ0v) is 11.9. The Labute approximate surface area is 125 Å². The molecule has 0 saturated heterocycles. The van der Waals surface area contributed by atoms with Gasteiger partial charge in [0.25, 0.3) is 0 Å². The average Bonchev–Trinajstić information content (AvgIpc) is 2.31. The highest BCUT2D eigenvalue weighted by Gasteiger charge is 2.16. The molecule has 104 valence electrons. The van der Waals surface area contributed by atoms with Crippen LogP contribution in [0.15, 0.2) is 30.3 Å². The number of amides is 1. The lowest BCUT2D eigenvalue weighted by molar-refractivity contribution is 0.209. The molecule has 0 aliphatic rings. The lowest BCUT2D eigenvalue weighted by atomic mass is 10.0. The molecule has 0 aromatic heterocycles. The molecule has 1 amide bonds. The molecule has 2 rings (SSSR count). The minimum absolute atomic E-state index is 0.00145. The number of halogens is 4. The summed E-state index contributed by atoms with van der Waals surface area (Å²) in [4.78, 5) is 10.6. The number of nitrogens with one attached hydrogen (secondary N) is 1. The molecule has 0 radical (unpaired) electrons. The first kappa shape index (κ1) is 14.6. The van der Waals surface area contributed by atoms with Gasteiger partial charge in [-0.05, 0) is 52.4 Å². The predicted octanol–water partition coefficient (Wildman–Crippen LogP) is 4.47. The van der Waals surface area contributed by atoms with Crippen LogP contribution in [0.2, 0.25) is 0 Å². The molecule has 0 atom stereocenters. The minimum Gasteiger partial charge on any atom is -0.465 e. The molecule has 0 saturated carbocycles. The second kappa shape index (κ2) is 5.70. The van der Waals surface area contributed by atoms with Crippen LogP contribution >= 0.6 is 22.6 Å². The number of carbonyl (C=O) groups is 1. The first-order valence-electron chi connectivity index (χ1n) is 5.33. The summed E-state index contributed by atoms with van der Waals surface area (Å²) in [5.41, 5.74) is -0.341. The van der Waals surface area contributed by atoms with Crippen molar-refractivity contribution in [2.45, 2.75) is 0 Å². The molecule has 7 heteroatoms. The van der Waals surface area contributed by atoms with Gasteiger partial charge < -0.3 is 5.11 Å². The number of hydrogen-bond acceptors (Lipinski definition) is 1. The smallest absolute Gasteiger partial charge is 0.409 e. The van der Waals surface area contributed by atoms with Crippen LogP contribution in [0.1, 0.15) is 0 Å². The Balaban J connectivity index is 2.63. The Morgan fingerprint density at radius 3 is 2.25 bits per heavy atom. The van der Waals surface area contributed by atoms with Crippen molar-refractivity contribution < 1.29 is 23.1 Å². The van der Waals surface area contributed by atoms with Gasteiger partial charge in [0.05, 0.1) is 5.69 Å². The monoisotopic (exact) mass is 393 g/mol. The van der Waals surface area contributed by atoms with Crippen molar-refractivity contribution in [2.75, 3.05) is 5.32 Å². The van der Waals surface area contributed by atoms with E-state index in [4.69, 9.17) is 5.11 Å². The van der Waals surface area contributed by atoms with Crippen LogP contribution < -0.4 is 5.32 Å². The first-order chi connectivity index (χ1) is 9.38. The van der Waals surface area contributed by atoms with Crippen LogP contribution in [0.3, 0.4) is 0 Å². The van der Waals surface area contributed by atoms with Crippen LogP contribution in [0.25, 0.3) is 11.1 Å². The summed E-state index contributed by atoms with van der Waals surface area (Å²) in [6.45, 7) is 0. The van der Waals surface area contributed by atoms with Crippen molar-refractivity contribution in [3.8, 4) is 11.1 Å². The van der Waals surface area contributed by atoms with Crippen LogP contribution in [-0.2, 0) is 0 Å². The van der Waals surface area contributed by atoms with Gasteiger partial charge in [-0.15, -0.1) is 0 Å². The minimum atomic E-state index is -1.43. The quantitative estimate of drug-likeness (QED) is 0.741. The van der Waals surface area contributed by atoms with Gasteiger partial charge in [0.15, 0.2) is 5.82 Å². The van der Waals surface area contributed by atoms with Crippen LogP contribution in [0.5, 0.6) is 0 Å². The molecule has 0 heterocycles. The van der Waals surface area contributed by atoms with E-state index in [9.17, 15) is 18.0 Å². The third-order valence-corrected chi connectivity index (χ3v) is 3.38. The van der Waals surface area contributed by atoms with E-state index in [0.717, 1.165) is 12.1 Å². The van der Waals surface area contributed by atoms with E-state index in [0.29, 0.717) is 9.64 Å². The molecule has 0 aliphatic carbocycles. The molecule has 0 spiro atoms. The summed E-state index contributed by atoms with van der Waals surface area (Å²) in [6, 6.07) is 5.33. The van der Waals surface area contributed by atoms with Gasteiger partial charge in [0.1, 0.15) is 11.6 Å². The summed E-state index contributed by atoms with van der Waals surface area (Å²) < 4.78 is 41.1. The second-order valence-corrected chi connectivity index (χ2v) is 5.03. The zero-order chi connectivity index (χ0) is 14.9. The molecule has 2 aromatic carbocycles. The van der Waals surface area contributed by atoms with Gasteiger partial charge in [-0.2, -0.15) is 0 Å². The second-order valence-electron chi connectivity index (χ2n) is 3.87. The number of benzene rings is 2. The van der Waals surface area contributed by atoms with E-state index in [1.54, 1.807) is 22.6 Å². The van der Waals surface area contributed by atoms with E-state index in [1.165, 1.54) is 12.1 Å². The lowest BCUT2D eigenvalue weighted by Crippen LogP contribution is -2.09. The maximum atomic E-state index is 14.3. The van der Waals surface area contributed by atoms with Crippen LogP contribution in [0.4, 0.5) is 23.7 Å². The fourth-order valence-electron chi connectivity index (χ4n) is 1.73. The van der Waals surface area contributed by atoms with E-state index >= 15 is 0 Å². The highest BCUT2D eigenvalue weighted by molar-refractivity contribution is 14.1. The molecule has 3 nitrogen and oxygen atoms in total. The molecule has 2 N–H and O–H groups in total. The number of hydrogen-bond donors (Lipinski definition) is 2. The zero-order valence-electron chi connectivity index (χ0n) is 9.75. The van der Waals surface area contributed by atoms with Gasteiger partial charge in [-0.3, -0.25) is 5.32 Å². The third kappa shape index (κ3) is 3.03. The molecule has 2 aromatic rings. The number of anilines is 1. The molecular formula is C13H7F3INO2. The van der Waals surface area contributed by atoms with E-state index < -0.39 is 23.5 Å². The van der Waals surface area contributed by atoms with Crippen molar-refractivity contribution in [3.63, 3.8) is 0 Å². The van der Waals surface area contributed by atoms with Crippen molar-refractivity contribution in [2.24, 2.45) is 0 Å². The summed E-state index contributed by atoms with van der Waals surface area (Å²) in [5, 5.41) is 10.5. The van der Waals surface area contributed by atoms with Gasteiger partial charge in [0.2, 0.25) is 0 Å². The highest BCUT2D eigenvalue weighted by atomic mass is 127. The van der Waals surface area contributed by atoms with Gasteiger partial charge in [0, 0.05) is 15.2 Å². The van der Waals surface area contributed by atoms with Gasteiger partial charge in [-0.25, -0.2) is 18.0 Å². The van der Waals surface area contributed by atoms with Crippen molar-refractivity contribution in [1.29, 1.82) is 0 Å². The number of carboxylic acid groups (broad SMARTS) is 1. The van der Waals surface area contributed by atoms with E-state index in [2.05, 4.69) is 0 Å². The first-order valence-corrected chi connectivity index (χ1v) is 6.41. The normalized spacial score (nSPS) is 10.4. The Bertz CT molecular complexity index is 671. The third-order valence-electron chi connectivity index (χ3n) is 2.48. The molecule has 0 unspecified atom stereocenters. The molecule has 0 bridgehead atoms. The van der Waals surface area contributed by atoms with Crippen LogP contribution in [-0.4, -0.2) is 11.2 Å². The van der Waals surface area contributed by atoms with Crippen molar-refractivity contribution >= 4 is 34.4 Å². The van der Waals surface area contributed by atoms with E-state index in [-0.39, 0.29) is 16.8 Å². The topological polar surface area (TPSA) is 49.3 Å². The molecular weight excluding hydrogens is 386 g/mol. The largest absolute Gasteiger partial charge is 0.465 e. The summed E-state index contributed by atoms with van der Waals surface area (Å²) in [7, 11) is 0. The Morgan fingerprint density at radius 1 is 1.10 bits per heavy atom. The van der Waals surface area contributed by atoms with Crippen molar-refractivity contribution in [3.05, 3.63) is 51.4 Å². The molecule has 20 heavy (non-hydrogen) atoms. The predicted molar refractivity (Wildman–Crippen MR) is 76.1 cm³/mol. The maximum Gasteiger partial charge on any atom is 0.409 e. The average molecular weight is 393 g/mol. The number of rotatable bonds is 2. The van der Waals surface area contributed by atoms with Crippen LogP contribution in [0, 0.1) is 21.0 Å². The summed E-state index contributed by atoms with van der Waals surface area (Å²) >= 11 is 1.80. The SMILES string of the molecule is O=C(O)Nc1ccc(I)c(-c2cc(F)cc(F)c2)c1F. The van der Waals surface area contributed by atoms with Gasteiger partial charge in [-0.1, -0.05) is 0 Å². The Kier molecular flexibility index (Phi) is 4.17. The highest BCUT2D eigenvalue weighted by Crippen LogP contribution is 2.33. The molecule has 0 aliphatic heterocycles. The fourth-order valence-corrected chi connectivity index (χ4v) is 2.46. The Morgan fingerprint density at radius 2 is 1.70 bits per heavy atom. The van der Waals surface area contributed by atoms with Crippen molar-refractivity contribution in [1.82, 2.24) is 0 Å². The summed E-state index contributed by atoms with van der Waals surface area (Å²) in [6.07, 6.45) is -1.43. The Hall–Kier alpha value is -1.77. The van der Waals surface area contributed by atoms with Gasteiger partial charge >= 0.3 is 6.09 Å². The standard InChI is InChI=1S/C13H7F3INO2/c14-7-3-6(4-8(15)5-7)11-9(17)1-2-10(12(11)16)18-13(19)20/h1-5,18H,(H,19,20). The van der Waals surface area contributed by atoms with E-state index in [1.807, 2.05) is 5.32 Å². The summed E-state index contributed by atoms with van der Waals surface area (Å²) in [5.74, 6) is -2.57. The lowest BCUT2D eigenvalue weighted by Gasteiger charge is -2.11. The maximum absolute atomic E-state index is 14.3.